The second-order valence-electron chi connectivity index (χ2n) is 10.1. The number of anilines is 2. The van der Waals surface area contributed by atoms with Crippen LogP contribution < -0.4 is 29.2 Å². The van der Waals surface area contributed by atoms with Crippen molar-refractivity contribution in [3.8, 4) is 23.0 Å². The van der Waals surface area contributed by atoms with Gasteiger partial charge in [-0.2, -0.15) is 0 Å². The van der Waals surface area contributed by atoms with Crippen molar-refractivity contribution in [2.75, 3.05) is 57.1 Å². The maximum Gasteiger partial charge on any atom is 0.514 e. The summed E-state index contributed by atoms with van der Waals surface area (Å²) in [6.07, 6.45) is 0.304. The van der Waals surface area contributed by atoms with Crippen LogP contribution in [0.1, 0.15) is 39.3 Å². The number of carbonyl (C=O) groups excluding carboxylic acids is 4. The standard InChI is InChI=1S/C30H30BrN3O10/c1-7-8-43-29(38)44-18-11-17-20(21-23(18)33-30(2,26(21)35)28(37)42-6)15(12-31)13-34(17)27(36)16-9-14-10-19(39-3)24(40-4)25(41-5)22(14)32-16/h7,9-11,15,32-33H,1,8,12-13H2,2-6H3. The number of fused-ring (bicyclic) bond motifs is 4. The SMILES string of the molecule is C=CCOC(=O)Oc1cc2c(c3c1NC(C)(C(=O)OC)C3=O)C(CBr)CN2C(=O)c1cc2cc(OC)c(OC)c(OC)c2[nH]1. The van der Waals surface area contributed by atoms with Crippen LogP contribution in [0.25, 0.3) is 10.9 Å². The number of Topliss-reactive ketones (excluding diaryl/α,β-unsaturated/α-hetero) is 1. The molecule has 0 radical (unpaired) electrons. The minimum Gasteiger partial charge on any atom is -0.493 e. The lowest BCUT2D eigenvalue weighted by Gasteiger charge is -2.20. The Balaban J connectivity index is 1.66. The molecule has 2 aliphatic heterocycles. The fraction of sp³-hybridized carbons (Fsp3) is 0.333. The number of methoxy groups -OCH3 is 4. The van der Waals surface area contributed by atoms with Crippen LogP contribution in [0.3, 0.4) is 0 Å². The first-order valence-electron chi connectivity index (χ1n) is 13.4. The van der Waals surface area contributed by atoms with Gasteiger partial charge >= 0.3 is 12.1 Å². The molecule has 1 amide bonds. The highest BCUT2D eigenvalue weighted by atomic mass is 79.9. The first kappa shape index (κ1) is 30.7. The van der Waals surface area contributed by atoms with Crippen LogP contribution in [0.15, 0.2) is 30.9 Å². The summed E-state index contributed by atoms with van der Waals surface area (Å²) in [5.41, 5.74) is 0.0127. The fourth-order valence-electron chi connectivity index (χ4n) is 5.62. The number of rotatable bonds is 9. The number of benzene rings is 2. The Morgan fingerprint density at radius 3 is 2.43 bits per heavy atom. The zero-order valence-corrected chi connectivity index (χ0v) is 26.2. The molecule has 13 nitrogen and oxygen atoms in total. The molecule has 44 heavy (non-hydrogen) atoms. The van der Waals surface area contributed by atoms with E-state index >= 15 is 0 Å². The number of amides is 1. The monoisotopic (exact) mass is 671 g/mol. The number of alkyl halides is 1. The molecule has 14 heteroatoms. The summed E-state index contributed by atoms with van der Waals surface area (Å²) < 4.78 is 31.9. The molecule has 2 unspecified atom stereocenters. The highest BCUT2D eigenvalue weighted by Crippen LogP contribution is 2.52. The molecule has 2 N–H and O–H groups in total. The average molecular weight is 672 g/mol. The number of halogens is 1. The number of esters is 1. The molecule has 0 spiro atoms. The molecule has 2 atom stereocenters. The van der Waals surface area contributed by atoms with Crippen LogP contribution >= 0.6 is 15.9 Å². The number of hydrogen-bond acceptors (Lipinski definition) is 11. The molecule has 5 rings (SSSR count). The molecule has 0 fully saturated rings. The quantitative estimate of drug-likeness (QED) is 0.108. The predicted octanol–water partition coefficient (Wildman–Crippen LogP) is 4.57. The number of hydrogen-bond donors (Lipinski definition) is 2. The Morgan fingerprint density at radius 1 is 1.09 bits per heavy atom. The van der Waals surface area contributed by atoms with E-state index in [1.54, 1.807) is 12.1 Å². The molecule has 0 aliphatic carbocycles. The first-order valence-corrected chi connectivity index (χ1v) is 14.5. The average Bonchev–Trinajstić information content (AvgIpc) is 3.70. The van der Waals surface area contributed by atoms with E-state index in [0.29, 0.717) is 44.7 Å². The third-order valence-corrected chi connectivity index (χ3v) is 8.44. The van der Waals surface area contributed by atoms with Gasteiger partial charge in [0.05, 0.1) is 50.9 Å². The lowest BCUT2D eigenvalue weighted by atomic mass is 9.89. The van der Waals surface area contributed by atoms with E-state index in [2.05, 4.69) is 32.8 Å². The number of ether oxygens (including phenoxy) is 6. The van der Waals surface area contributed by atoms with Crippen LogP contribution in [0.4, 0.5) is 16.2 Å². The third-order valence-electron chi connectivity index (χ3n) is 7.66. The predicted molar refractivity (Wildman–Crippen MR) is 163 cm³/mol. The van der Waals surface area contributed by atoms with E-state index in [-0.39, 0.29) is 41.8 Å². The number of aromatic amines is 1. The van der Waals surface area contributed by atoms with Crippen LogP contribution in [0.5, 0.6) is 23.0 Å². The second-order valence-corrected chi connectivity index (χ2v) is 10.8. The smallest absolute Gasteiger partial charge is 0.493 e. The van der Waals surface area contributed by atoms with Gasteiger partial charge in [0.25, 0.3) is 5.91 Å². The van der Waals surface area contributed by atoms with Gasteiger partial charge in [0, 0.05) is 29.2 Å². The topological polar surface area (TPSA) is 155 Å². The van der Waals surface area contributed by atoms with E-state index in [0.717, 1.165) is 0 Å². The zero-order chi connectivity index (χ0) is 31.9. The number of carbonyl (C=O) groups is 4. The number of nitrogens with zero attached hydrogens (tertiary/aromatic N) is 1. The Morgan fingerprint density at radius 2 is 1.82 bits per heavy atom. The second kappa shape index (κ2) is 11.8. The highest BCUT2D eigenvalue weighted by Gasteiger charge is 2.53. The molecule has 3 heterocycles. The van der Waals surface area contributed by atoms with E-state index in [9.17, 15) is 19.2 Å². The lowest BCUT2D eigenvalue weighted by molar-refractivity contribution is -0.143. The molecule has 2 aromatic carbocycles. The largest absolute Gasteiger partial charge is 0.514 e. The normalized spacial score (nSPS) is 18.3. The lowest BCUT2D eigenvalue weighted by Crippen LogP contribution is -2.47. The van der Waals surface area contributed by atoms with Gasteiger partial charge in [0.1, 0.15) is 12.3 Å². The Labute approximate surface area is 260 Å². The van der Waals surface area contributed by atoms with Crippen LogP contribution in [0, 0.1) is 0 Å². The molecule has 0 saturated heterocycles. The Bertz CT molecular complexity index is 1720. The molecular formula is C30H30BrN3O10. The summed E-state index contributed by atoms with van der Waals surface area (Å²) >= 11 is 3.52. The van der Waals surface area contributed by atoms with Crippen molar-refractivity contribution in [1.82, 2.24) is 4.98 Å². The van der Waals surface area contributed by atoms with Gasteiger partial charge in [-0.1, -0.05) is 28.6 Å². The van der Waals surface area contributed by atoms with E-state index in [1.807, 2.05) is 0 Å². The molecule has 232 valence electrons. The molecule has 2 aliphatic rings. The van der Waals surface area contributed by atoms with Crippen LogP contribution in [-0.4, -0.2) is 81.3 Å². The van der Waals surface area contributed by atoms with Crippen molar-refractivity contribution >= 4 is 62.0 Å². The van der Waals surface area contributed by atoms with E-state index < -0.39 is 29.4 Å². The maximum absolute atomic E-state index is 14.1. The van der Waals surface area contributed by atoms with E-state index in [4.69, 9.17) is 28.4 Å². The summed E-state index contributed by atoms with van der Waals surface area (Å²) in [4.78, 5) is 57.9. The van der Waals surface area contributed by atoms with Crippen molar-refractivity contribution < 1.29 is 47.6 Å². The Hall–Kier alpha value is -4.72. The fourth-order valence-corrected chi connectivity index (χ4v) is 6.15. The molecule has 1 aromatic heterocycles. The number of nitrogens with one attached hydrogen (secondary N) is 2. The van der Waals surface area contributed by atoms with E-state index in [1.165, 1.54) is 52.4 Å². The van der Waals surface area contributed by atoms with Gasteiger partial charge in [-0.3, -0.25) is 9.59 Å². The van der Waals surface area contributed by atoms with Crippen molar-refractivity contribution in [3.05, 3.63) is 47.7 Å². The minimum absolute atomic E-state index is 0.102. The van der Waals surface area contributed by atoms with Crippen molar-refractivity contribution in [3.63, 3.8) is 0 Å². The number of aromatic nitrogens is 1. The molecule has 0 bridgehead atoms. The van der Waals surface area contributed by atoms with Gasteiger partial charge in [0.15, 0.2) is 22.8 Å². The summed E-state index contributed by atoms with van der Waals surface area (Å²) in [6.45, 7) is 4.95. The van der Waals surface area contributed by atoms with Gasteiger partial charge in [-0.05, 0) is 24.6 Å². The summed E-state index contributed by atoms with van der Waals surface area (Å²) in [7, 11) is 5.62. The van der Waals surface area contributed by atoms with Crippen LogP contribution in [-0.2, 0) is 14.3 Å². The van der Waals surface area contributed by atoms with Gasteiger partial charge in [0.2, 0.25) is 11.5 Å². The summed E-state index contributed by atoms with van der Waals surface area (Å²) in [6, 6.07) is 4.85. The zero-order valence-electron chi connectivity index (χ0n) is 24.6. The number of H-pyrrole nitrogens is 1. The van der Waals surface area contributed by atoms with Crippen LogP contribution in [0.2, 0.25) is 0 Å². The maximum atomic E-state index is 14.1. The minimum atomic E-state index is -1.80. The van der Waals surface area contributed by atoms with Crippen molar-refractivity contribution in [1.29, 1.82) is 0 Å². The third kappa shape index (κ3) is 4.69. The van der Waals surface area contributed by atoms with Crippen molar-refractivity contribution in [2.24, 2.45) is 0 Å². The first-order chi connectivity index (χ1) is 21.1. The van der Waals surface area contributed by atoms with Crippen molar-refractivity contribution in [2.45, 2.75) is 18.4 Å². The molecule has 0 saturated carbocycles. The van der Waals surface area contributed by atoms with Gasteiger partial charge in [-0.25, -0.2) is 9.59 Å². The Kier molecular flexibility index (Phi) is 8.21. The molecular weight excluding hydrogens is 642 g/mol. The molecule has 3 aromatic rings. The van der Waals surface area contributed by atoms with Gasteiger partial charge < -0.3 is 43.6 Å². The van der Waals surface area contributed by atoms with Gasteiger partial charge in [-0.15, -0.1) is 0 Å². The summed E-state index contributed by atoms with van der Waals surface area (Å²) in [5, 5.41) is 3.92. The summed E-state index contributed by atoms with van der Waals surface area (Å²) in [5.74, 6) is -1.17. The number of ketones is 1. The highest BCUT2D eigenvalue weighted by molar-refractivity contribution is 9.09.